The third kappa shape index (κ3) is 2.18. The van der Waals surface area contributed by atoms with Crippen molar-refractivity contribution in [3.63, 3.8) is 0 Å². The lowest BCUT2D eigenvalue weighted by atomic mass is 9.58. The Balaban J connectivity index is 1.69. The zero-order chi connectivity index (χ0) is 22.2. The van der Waals surface area contributed by atoms with E-state index in [1.165, 1.54) is 21.3 Å². The van der Waals surface area contributed by atoms with Crippen LogP contribution in [0.3, 0.4) is 0 Å². The lowest BCUT2D eigenvalue weighted by Crippen LogP contribution is -2.57. The fourth-order valence-corrected chi connectivity index (χ4v) is 5.56. The first kappa shape index (κ1) is 19.1. The minimum Gasteiger partial charge on any atom is -0.493 e. The van der Waals surface area contributed by atoms with E-state index in [0.717, 1.165) is 5.56 Å². The average molecular weight is 440 g/mol. The smallest absolute Gasteiger partial charge is 0.315 e. The maximum atomic E-state index is 13.2. The highest BCUT2D eigenvalue weighted by Crippen LogP contribution is 2.63. The van der Waals surface area contributed by atoms with Gasteiger partial charge in [-0.2, -0.15) is 0 Å². The molecule has 2 bridgehead atoms. The summed E-state index contributed by atoms with van der Waals surface area (Å²) >= 11 is 0. The van der Waals surface area contributed by atoms with Crippen LogP contribution in [-0.4, -0.2) is 46.7 Å². The molecule has 2 fully saturated rings. The van der Waals surface area contributed by atoms with Gasteiger partial charge >= 0.3 is 11.9 Å². The highest BCUT2D eigenvalue weighted by molar-refractivity contribution is 5.91. The average Bonchev–Trinajstić information content (AvgIpc) is 3.43. The number of methoxy groups -OCH3 is 3. The molecule has 0 spiro atoms. The molecule has 4 heterocycles. The third-order valence-electron chi connectivity index (χ3n) is 6.86. The second kappa shape index (κ2) is 6.44. The van der Waals surface area contributed by atoms with Crippen molar-refractivity contribution < 1.29 is 42.7 Å². The lowest BCUT2D eigenvalue weighted by molar-refractivity contribution is -0.186. The summed E-state index contributed by atoms with van der Waals surface area (Å²) in [7, 11) is 4.51. The molecule has 2 saturated heterocycles. The Morgan fingerprint density at radius 1 is 0.875 bits per heavy atom. The van der Waals surface area contributed by atoms with Gasteiger partial charge in [0.05, 0.1) is 33.9 Å². The van der Waals surface area contributed by atoms with E-state index in [-0.39, 0.29) is 19.3 Å². The second-order valence-electron chi connectivity index (χ2n) is 8.11. The standard InChI is InChI=1S/C23H20O9/c1-26-16-4-10(5-17(27-2)20(16)28-3)23-13-7-15-14(30-9-31-15)6-11(13)18(21(24)32-23)12-8-29-22(25)19(12)23/h4-7,12,18-19H,8-9H2,1-3H3/t12-,18+,19+,23-/m1/s1. The first-order valence-electron chi connectivity index (χ1n) is 10.2. The van der Waals surface area contributed by atoms with Crippen molar-refractivity contribution in [2.24, 2.45) is 11.8 Å². The molecule has 166 valence electrons. The first-order chi connectivity index (χ1) is 15.5. The van der Waals surface area contributed by atoms with E-state index < -0.39 is 29.4 Å². The van der Waals surface area contributed by atoms with Crippen LogP contribution in [0.1, 0.15) is 22.6 Å². The molecule has 1 aliphatic carbocycles. The van der Waals surface area contributed by atoms with Crippen LogP contribution < -0.4 is 23.7 Å². The van der Waals surface area contributed by atoms with Gasteiger partial charge in [0.25, 0.3) is 0 Å². The predicted molar refractivity (Wildman–Crippen MR) is 106 cm³/mol. The van der Waals surface area contributed by atoms with Crippen molar-refractivity contribution in [2.75, 3.05) is 34.7 Å². The molecule has 4 atom stereocenters. The van der Waals surface area contributed by atoms with Gasteiger partial charge in [0, 0.05) is 17.0 Å². The molecular formula is C23H20O9. The van der Waals surface area contributed by atoms with Crippen LogP contribution in [0, 0.1) is 11.8 Å². The quantitative estimate of drug-likeness (QED) is 0.662. The molecule has 5 aliphatic rings. The van der Waals surface area contributed by atoms with Crippen molar-refractivity contribution >= 4 is 11.9 Å². The van der Waals surface area contributed by atoms with Gasteiger partial charge in [0.15, 0.2) is 28.6 Å². The summed E-state index contributed by atoms with van der Waals surface area (Å²) in [6.45, 7) is 0.229. The Morgan fingerprint density at radius 2 is 1.56 bits per heavy atom. The van der Waals surface area contributed by atoms with Crippen molar-refractivity contribution in [1.82, 2.24) is 0 Å². The van der Waals surface area contributed by atoms with Gasteiger partial charge in [-0.1, -0.05) is 0 Å². The van der Waals surface area contributed by atoms with E-state index in [1.54, 1.807) is 18.2 Å². The summed E-state index contributed by atoms with van der Waals surface area (Å²) in [5, 5.41) is 0. The largest absolute Gasteiger partial charge is 0.493 e. The molecule has 9 nitrogen and oxygen atoms in total. The SMILES string of the molecule is COc1cc([C@@]23OC(=O)[C@@H](c4cc5c(cc42)OCO5)[C@H]2COC(=O)[C@H]23)cc(OC)c1OC. The Morgan fingerprint density at radius 3 is 2.22 bits per heavy atom. The van der Waals surface area contributed by atoms with E-state index in [4.69, 9.17) is 33.2 Å². The van der Waals surface area contributed by atoms with E-state index >= 15 is 0 Å². The highest BCUT2D eigenvalue weighted by atomic mass is 16.7. The Hall–Kier alpha value is -3.62. The van der Waals surface area contributed by atoms with Gasteiger partial charge in [0.2, 0.25) is 12.5 Å². The molecule has 0 N–H and O–H groups in total. The van der Waals surface area contributed by atoms with Crippen molar-refractivity contribution in [3.8, 4) is 28.7 Å². The fourth-order valence-electron chi connectivity index (χ4n) is 5.56. The topological polar surface area (TPSA) is 98.8 Å². The predicted octanol–water partition coefficient (Wildman–Crippen LogP) is 2.13. The summed E-state index contributed by atoms with van der Waals surface area (Å²) in [4.78, 5) is 26.2. The number of esters is 2. The van der Waals surface area contributed by atoms with Crippen molar-refractivity contribution in [1.29, 1.82) is 0 Å². The zero-order valence-corrected chi connectivity index (χ0v) is 17.6. The van der Waals surface area contributed by atoms with Gasteiger partial charge in [-0.3, -0.25) is 9.59 Å². The van der Waals surface area contributed by atoms with Gasteiger partial charge in [-0.25, -0.2) is 0 Å². The van der Waals surface area contributed by atoms with E-state index in [0.29, 0.717) is 39.9 Å². The van der Waals surface area contributed by atoms with Crippen molar-refractivity contribution in [3.05, 3.63) is 41.0 Å². The number of cyclic esters (lactones) is 1. The fraction of sp³-hybridized carbons (Fsp3) is 0.391. The molecule has 2 aromatic rings. The van der Waals surface area contributed by atoms with E-state index in [2.05, 4.69) is 0 Å². The molecule has 7 rings (SSSR count). The van der Waals surface area contributed by atoms with Crippen LogP contribution in [0.2, 0.25) is 0 Å². The van der Waals surface area contributed by atoms with E-state index in [1.807, 2.05) is 6.07 Å². The summed E-state index contributed by atoms with van der Waals surface area (Å²) in [6, 6.07) is 7.02. The number of hydrogen-bond donors (Lipinski definition) is 0. The summed E-state index contributed by atoms with van der Waals surface area (Å²) in [6.07, 6.45) is 0. The molecule has 0 radical (unpaired) electrons. The molecule has 0 amide bonds. The maximum absolute atomic E-state index is 13.2. The number of carbonyl (C=O) groups excluding carboxylic acids is 2. The third-order valence-corrected chi connectivity index (χ3v) is 6.86. The number of rotatable bonds is 4. The summed E-state index contributed by atoms with van der Waals surface area (Å²) in [5.41, 5.74) is 0.500. The molecule has 0 saturated carbocycles. The number of ether oxygens (including phenoxy) is 7. The minimum absolute atomic E-state index is 0.0871. The molecule has 0 unspecified atom stereocenters. The van der Waals surface area contributed by atoms with E-state index in [9.17, 15) is 9.59 Å². The molecule has 2 aromatic carbocycles. The molecule has 9 heteroatoms. The summed E-state index contributed by atoms with van der Waals surface area (Å²) < 4.78 is 39.2. The van der Waals surface area contributed by atoms with Crippen LogP contribution in [0.15, 0.2) is 24.3 Å². The Bertz CT molecular complexity index is 1150. The number of fused-ring (bicyclic) bond motifs is 2. The summed E-state index contributed by atoms with van der Waals surface area (Å²) in [5.74, 6) is -0.295. The monoisotopic (exact) mass is 440 g/mol. The first-order valence-corrected chi connectivity index (χ1v) is 10.2. The number of carbonyl (C=O) groups is 2. The van der Waals surface area contributed by atoms with Crippen LogP contribution >= 0.6 is 0 Å². The van der Waals surface area contributed by atoms with Crippen LogP contribution in [0.25, 0.3) is 0 Å². The molecule has 32 heavy (non-hydrogen) atoms. The molecular weight excluding hydrogens is 420 g/mol. The maximum Gasteiger partial charge on any atom is 0.315 e. The van der Waals surface area contributed by atoms with Gasteiger partial charge in [-0.15, -0.1) is 0 Å². The normalized spacial score (nSPS) is 28.5. The Kier molecular flexibility index (Phi) is 3.84. The van der Waals surface area contributed by atoms with Crippen LogP contribution in [-0.2, 0) is 24.7 Å². The zero-order valence-electron chi connectivity index (χ0n) is 17.6. The van der Waals surface area contributed by atoms with Gasteiger partial charge < -0.3 is 33.2 Å². The van der Waals surface area contributed by atoms with Gasteiger partial charge in [-0.05, 0) is 29.8 Å². The molecule has 0 aromatic heterocycles. The molecule has 4 aliphatic heterocycles. The Labute approximate surface area is 183 Å². The van der Waals surface area contributed by atoms with Crippen molar-refractivity contribution in [2.45, 2.75) is 11.5 Å². The lowest BCUT2D eigenvalue weighted by Gasteiger charge is -2.51. The number of hydrogen-bond acceptors (Lipinski definition) is 9. The second-order valence-corrected chi connectivity index (χ2v) is 8.11. The van der Waals surface area contributed by atoms with Gasteiger partial charge in [0.1, 0.15) is 5.92 Å². The van der Waals surface area contributed by atoms with Crippen LogP contribution in [0.4, 0.5) is 0 Å². The minimum atomic E-state index is -1.44. The highest BCUT2D eigenvalue weighted by Gasteiger charge is 2.68. The number of benzene rings is 2. The van der Waals surface area contributed by atoms with Crippen LogP contribution in [0.5, 0.6) is 28.7 Å².